The molecule has 13 heavy (non-hydrogen) atoms. The molecule has 1 saturated heterocycles. The van der Waals surface area contributed by atoms with E-state index in [1.165, 1.54) is 29.3 Å². The summed E-state index contributed by atoms with van der Waals surface area (Å²) in [7, 11) is 0. The Bertz CT molecular complexity index is 234. The molecule has 0 bridgehead atoms. The molecule has 1 aromatic heterocycles. The molecule has 0 N–H and O–H groups in total. The second-order valence-electron chi connectivity index (χ2n) is 3.01. The topological polar surface area (TPSA) is 35.0 Å². The molecule has 3 nitrogen and oxygen atoms in total. The highest BCUT2D eigenvalue weighted by atomic mass is 32.2. The van der Waals surface area contributed by atoms with Crippen LogP contribution >= 0.6 is 23.3 Å². The van der Waals surface area contributed by atoms with Gasteiger partial charge in [0, 0.05) is 24.2 Å². The van der Waals surface area contributed by atoms with Crippen LogP contribution in [0.4, 0.5) is 0 Å². The zero-order valence-corrected chi connectivity index (χ0v) is 8.94. The van der Waals surface area contributed by atoms with E-state index >= 15 is 0 Å². The quantitative estimate of drug-likeness (QED) is 0.773. The minimum absolute atomic E-state index is 0.774. The maximum absolute atomic E-state index is 5.30. The van der Waals surface area contributed by atoms with Gasteiger partial charge in [-0.15, -0.1) is 5.10 Å². The van der Waals surface area contributed by atoms with Crippen LogP contribution in [0, 0.1) is 0 Å². The van der Waals surface area contributed by atoms with Gasteiger partial charge < -0.3 is 4.74 Å². The van der Waals surface area contributed by atoms with E-state index in [0.29, 0.717) is 0 Å². The number of ether oxygens (including phenoxy) is 1. The van der Waals surface area contributed by atoms with Gasteiger partial charge in [0.25, 0.3) is 0 Å². The number of hydrogen-bond acceptors (Lipinski definition) is 5. The van der Waals surface area contributed by atoms with Crippen molar-refractivity contribution in [1.29, 1.82) is 0 Å². The summed E-state index contributed by atoms with van der Waals surface area (Å²) in [6.07, 6.45) is 4.24. The largest absolute Gasteiger partial charge is 0.381 e. The van der Waals surface area contributed by atoms with Gasteiger partial charge in [-0.3, -0.25) is 0 Å². The first kappa shape index (κ1) is 9.43. The van der Waals surface area contributed by atoms with Crippen molar-refractivity contribution in [2.75, 3.05) is 13.2 Å². The highest BCUT2D eigenvalue weighted by molar-refractivity contribution is 7.99. The molecule has 0 aromatic carbocycles. The summed E-state index contributed by atoms with van der Waals surface area (Å²) in [5.41, 5.74) is 0. The summed E-state index contributed by atoms with van der Waals surface area (Å²) in [6.45, 7) is 1.86. The number of thioether (sulfide) groups is 1. The zero-order valence-electron chi connectivity index (χ0n) is 7.31. The normalized spacial score (nSPS) is 19.1. The van der Waals surface area contributed by atoms with Crippen LogP contribution in [-0.4, -0.2) is 28.1 Å². The summed E-state index contributed by atoms with van der Waals surface area (Å²) in [6, 6.07) is 0. The van der Waals surface area contributed by atoms with Crippen molar-refractivity contribution in [3.63, 3.8) is 0 Å². The molecule has 5 heteroatoms. The van der Waals surface area contributed by atoms with Crippen molar-refractivity contribution >= 4 is 23.3 Å². The van der Waals surface area contributed by atoms with Gasteiger partial charge in [-0.1, -0.05) is 4.49 Å². The van der Waals surface area contributed by atoms with E-state index in [1.54, 1.807) is 0 Å². The van der Waals surface area contributed by atoms with Crippen molar-refractivity contribution in [1.82, 2.24) is 9.59 Å². The number of nitrogens with zero attached hydrogens (tertiary/aromatic N) is 2. The van der Waals surface area contributed by atoms with E-state index in [1.807, 2.05) is 18.0 Å². The number of rotatable bonds is 3. The number of aromatic nitrogens is 2. The van der Waals surface area contributed by atoms with E-state index in [2.05, 4.69) is 9.59 Å². The third kappa shape index (κ3) is 2.93. The van der Waals surface area contributed by atoms with Crippen molar-refractivity contribution < 1.29 is 4.74 Å². The Labute approximate surface area is 86.0 Å². The van der Waals surface area contributed by atoms with Crippen LogP contribution in [0.3, 0.4) is 0 Å². The third-order valence-corrected chi connectivity index (χ3v) is 4.30. The molecule has 2 heterocycles. The molecular weight excluding hydrogens is 204 g/mol. The molecule has 0 aliphatic carbocycles. The van der Waals surface area contributed by atoms with Crippen LogP contribution in [0.5, 0.6) is 0 Å². The van der Waals surface area contributed by atoms with E-state index in [-0.39, 0.29) is 0 Å². The molecule has 72 valence electrons. The monoisotopic (exact) mass is 216 g/mol. The van der Waals surface area contributed by atoms with E-state index < -0.39 is 0 Å². The molecule has 2 rings (SSSR count). The van der Waals surface area contributed by atoms with Gasteiger partial charge in [0.15, 0.2) is 0 Å². The molecule has 0 spiro atoms. The summed E-state index contributed by atoms with van der Waals surface area (Å²) in [5.74, 6) is 1.06. The third-order valence-electron chi connectivity index (χ3n) is 2.04. The molecule has 0 radical (unpaired) electrons. The van der Waals surface area contributed by atoms with Gasteiger partial charge in [0.1, 0.15) is 0 Å². The predicted molar refractivity (Wildman–Crippen MR) is 55.0 cm³/mol. The first-order valence-corrected chi connectivity index (χ1v) is 6.23. The molecule has 1 aromatic rings. The van der Waals surface area contributed by atoms with Crippen LogP contribution in [0.25, 0.3) is 0 Å². The lowest BCUT2D eigenvalue weighted by molar-refractivity contribution is 0.1000. The Morgan fingerprint density at radius 2 is 2.38 bits per heavy atom. The van der Waals surface area contributed by atoms with Crippen LogP contribution in [0.1, 0.15) is 17.7 Å². The van der Waals surface area contributed by atoms with Crippen molar-refractivity contribution in [2.24, 2.45) is 0 Å². The van der Waals surface area contributed by atoms with Gasteiger partial charge in [-0.2, -0.15) is 11.8 Å². The second-order valence-corrected chi connectivity index (χ2v) is 5.17. The van der Waals surface area contributed by atoms with Crippen LogP contribution in [0.15, 0.2) is 6.20 Å². The Morgan fingerprint density at radius 3 is 3.08 bits per heavy atom. The standard InChI is InChI=1S/C8H12N2OS2/c1-3-11-4-2-7(1)12-6-8-5-9-10-13-8/h5,7H,1-4,6H2. The highest BCUT2D eigenvalue weighted by Crippen LogP contribution is 2.25. The van der Waals surface area contributed by atoms with Gasteiger partial charge in [0.05, 0.1) is 11.1 Å². The Kier molecular flexibility index (Phi) is 3.57. The van der Waals surface area contributed by atoms with E-state index in [4.69, 9.17) is 4.74 Å². The molecule has 0 unspecified atom stereocenters. The summed E-state index contributed by atoms with van der Waals surface area (Å²) < 4.78 is 9.14. The summed E-state index contributed by atoms with van der Waals surface area (Å²) in [5, 5.41) is 4.59. The fraction of sp³-hybridized carbons (Fsp3) is 0.750. The van der Waals surface area contributed by atoms with Gasteiger partial charge in [-0.05, 0) is 24.4 Å². The molecule has 0 saturated carbocycles. The average molecular weight is 216 g/mol. The average Bonchev–Trinajstić information content (AvgIpc) is 2.69. The molecule has 0 amide bonds. The maximum Gasteiger partial charge on any atom is 0.0661 e. The zero-order chi connectivity index (χ0) is 8.93. The molecule has 1 aliphatic heterocycles. The fourth-order valence-electron chi connectivity index (χ4n) is 1.29. The van der Waals surface area contributed by atoms with Crippen LogP contribution < -0.4 is 0 Å². The van der Waals surface area contributed by atoms with Crippen LogP contribution in [-0.2, 0) is 10.5 Å². The Balaban J connectivity index is 1.72. The molecule has 0 atom stereocenters. The smallest absolute Gasteiger partial charge is 0.0661 e. The minimum Gasteiger partial charge on any atom is -0.381 e. The van der Waals surface area contributed by atoms with Crippen LogP contribution in [0.2, 0.25) is 0 Å². The fourth-order valence-corrected chi connectivity index (χ4v) is 3.00. The van der Waals surface area contributed by atoms with E-state index in [0.717, 1.165) is 24.2 Å². The van der Waals surface area contributed by atoms with Crippen molar-refractivity contribution in [3.05, 3.63) is 11.1 Å². The van der Waals surface area contributed by atoms with E-state index in [9.17, 15) is 0 Å². The summed E-state index contributed by atoms with van der Waals surface area (Å²) in [4.78, 5) is 1.27. The highest BCUT2D eigenvalue weighted by Gasteiger charge is 2.14. The lowest BCUT2D eigenvalue weighted by Crippen LogP contribution is -2.17. The second kappa shape index (κ2) is 4.93. The Morgan fingerprint density at radius 1 is 1.54 bits per heavy atom. The SMILES string of the molecule is c1nnsc1CSC1CCOCC1. The summed E-state index contributed by atoms with van der Waals surface area (Å²) >= 11 is 3.50. The maximum atomic E-state index is 5.30. The lowest BCUT2D eigenvalue weighted by Gasteiger charge is -2.20. The van der Waals surface area contributed by atoms with Crippen molar-refractivity contribution in [2.45, 2.75) is 23.8 Å². The van der Waals surface area contributed by atoms with Gasteiger partial charge in [0.2, 0.25) is 0 Å². The molecular formula is C8H12N2OS2. The van der Waals surface area contributed by atoms with Gasteiger partial charge >= 0.3 is 0 Å². The minimum atomic E-state index is 0.774. The predicted octanol–water partition coefficient (Wildman–Crippen LogP) is 1.95. The molecule has 1 aliphatic rings. The first-order chi connectivity index (χ1) is 6.45. The molecule has 1 fully saturated rings. The lowest BCUT2D eigenvalue weighted by atomic mass is 10.2. The van der Waals surface area contributed by atoms with Gasteiger partial charge in [-0.25, -0.2) is 0 Å². The van der Waals surface area contributed by atoms with Crippen molar-refractivity contribution in [3.8, 4) is 0 Å². The first-order valence-electron chi connectivity index (χ1n) is 4.41. The Hall–Kier alpha value is -0.130. The number of hydrogen-bond donors (Lipinski definition) is 0.